The van der Waals surface area contributed by atoms with Gasteiger partial charge in [-0.05, 0) is 24.3 Å². The Morgan fingerprint density at radius 2 is 0.935 bits per heavy atom. The number of hydrogen-bond donors (Lipinski definition) is 6. The summed E-state index contributed by atoms with van der Waals surface area (Å²) in [4.78, 5) is 12.1. The number of aliphatic hydroxyl groups excluding tert-OH is 4. The standard InChI is InChI=1S/C21H29N3O4.CH2O2/c22-21(17-1-5-19(6-2-17)23(9-13-25)10-14-26)18-3-7-20(8-4-18)24(11-15-27)12-16-28;2-1-3/h1-8,22,25-28H,9-16H2;1H,(H,2,3). The lowest BCUT2D eigenvalue weighted by molar-refractivity contribution is -0.122. The van der Waals surface area contributed by atoms with Crippen LogP contribution in [-0.2, 0) is 4.79 Å². The van der Waals surface area contributed by atoms with Gasteiger partial charge in [0.15, 0.2) is 0 Å². The van der Waals surface area contributed by atoms with E-state index >= 15 is 0 Å². The Kier molecular flexibility index (Phi) is 12.5. The molecule has 0 bridgehead atoms. The molecule has 2 aromatic rings. The number of rotatable bonds is 12. The van der Waals surface area contributed by atoms with E-state index in [1.54, 1.807) is 0 Å². The minimum atomic E-state index is -0.250. The van der Waals surface area contributed by atoms with Crippen LogP contribution >= 0.6 is 0 Å². The maximum absolute atomic E-state index is 9.16. The number of nitrogens with one attached hydrogen (secondary N) is 1. The van der Waals surface area contributed by atoms with Crippen molar-refractivity contribution in [2.24, 2.45) is 0 Å². The third-order valence-corrected chi connectivity index (χ3v) is 4.52. The van der Waals surface area contributed by atoms with Crippen LogP contribution in [0.1, 0.15) is 11.1 Å². The van der Waals surface area contributed by atoms with Gasteiger partial charge in [-0.3, -0.25) is 10.2 Å². The van der Waals surface area contributed by atoms with Gasteiger partial charge in [0.05, 0.1) is 32.1 Å². The monoisotopic (exact) mass is 433 g/mol. The Balaban J connectivity index is 0.00000151. The van der Waals surface area contributed by atoms with E-state index < -0.39 is 0 Å². The van der Waals surface area contributed by atoms with E-state index in [1.807, 2.05) is 58.3 Å². The summed E-state index contributed by atoms with van der Waals surface area (Å²) >= 11 is 0. The molecule has 0 unspecified atom stereocenters. The van der Waals surface area contributed by atoms with Crippen LogP contribution in [0.4, 0.5) is 11.4 Å². The summed E-state index contributed by atoms with van der Waals surface area (Å²) in [6.45, 7) is 1.55. The van der Waals surface area contributed by atoms with Gasteiger partial charge in [0, 0.05) is 48.7 Å². The average molecular weight is 434 g/mol. The lowest BCUT2D eigenvalue weighted by atomic mass is 10.0. The van der Waals surface area contributed by atoms with Crippen LogP contribution in [0.5, 0.6) is 0 Å². The molecule has 0 saturated heterocycles. The molecule has 0 saturated carbocycles. The van der Waals surface area contributed by atoms with Gasteiger partial charge in [-0.25, -0.2) is 0 Å². The van der Waals surface area contributed by atoms with E-state index in [1.165, 1.54) is 0 Å². The number of anilines is 2. The first-order valence-corrected chi connectivity index (χ1v) is 9.86. The molecule has 0 radical (unpaired) electrons. The molecule has 6 N–H and O–H groups in total. The number of benzene rings is 2. The molecule has 2 aromatic carbocycles. The number of carboxylic acid groups (broad SMARTS) is 1. The maximum Gasteiger partial charge on any atom is 0.290 e. The van der Waals surface area contributed by atoms with Crippen LogP contribution in [0.15, 0.2) is 48.5 Å². The van der Waals surface area contributed by atoms with Gasteiger partial charge >= 0.3 is 0 Å². The molecule has 0 aliphatic heterocycles. The molecule has 0 aliphatic carbocycles. The van der Waals surface area contributed by atoms with E-state index in [4.69, 9.17) is 35.7 Å². The van der Waals surface area contributed by atoms with Crippen molar-refractivity contribution in [2.75, 3.05) is 62.4 Å². The van der Waals surface area contributed by atoms with Crippen molar-refractivity contribution in [3.05, 3.63) is 59.7 Å². The largest absolute Gasteiger partial charge is 0.483 e. The lowest BCUT2D eigenvalue weighted by Gasteiger charge is -2.23. The van der Waals surface area contributed by atoms with Crippen LogP contribution in [0.2, 0.25) is 0 Å². The van der Waals surface area contributed by atoms with Gasteiger partial charge in [-0.2, -0.15) is 0 Å². The molecule has 0 aliphatic rings. The van der Waals surface area contributed by atoms with Crippen molar-refractivity contribution in [3.8, 4) is 0 Å². The van der Waals surface area contributed by atoms with Crippen LogP contribution in [-0.4, -0.2) is 90.3 Å². The number of nitrogens with zero attached hydrogens (tertiary/aromatic N) is 2. The first-order valence-electron chi connectivity index (χ1n) is 9.86. The Hall–Kier alpha value is -2.98. The molecule has 2 rings (SSSR count). The highest BCUT2D eigenvalue weighted by Gasteiger charge is 2.10. The normalized spacial score (nSPS) is 10.1. The zero-order chi connectivity index (χ0) is 23.1. The Labute approximate surface area is 181 Å². The SMILES string of the molecule is N=C(c1ccc(N(CCO)CCO)cc1)c1ccc(N(CCO)CCO)cc1.O=CO. The number of hydrogen-bond acceptors (Lipinski definition) is 8. The minimum Gasteiger partial charge on any atom is -0.483 e. The summed E-state index contributed by atoms with van der Waals surface area (Å²) in [6.07, 6.45) is 0. The highest BCUT2D eigenvalue weighted by Crippen LogP contribution is 2.20. The first-order chi connectivity index (χ1) is 15.1. The van der Waals surface area contributed by atoms with Gasteiger partial charge in [0.1, 0.15) is 0 Å². The van der Waals surface area contributed by atoms with E-state index in [2.05, 4.69) is 0 Å². The molecule has 9 heteroatoms. The second-order valence-electron chi connectivity index (χ2n) is 6.44. The van der Waals surface area contributed by atoms with Gasteiger partial charge < -0.3 is 35.3 Å². The first kappa shape index (κ1) is 26.1. The Morgan fingerprint density at radius 1 is 0.677 bits per heavy atom. The van der Waals surface area contributed by atoms with Crippen molar-refractivity contribution in [3.63, 3.8) is 0 Å². The molecule has 0 spiro atoms. The number of aliphatic hydroxyl groups is 4. The van der Waals surface area contributed by atoms with Gasteiger partial charge in [-0.1, -0.05) is 24.3 Å². The molecule has 0 aromatic heterocycles. The molecular formula is C22H31N3O6. The average Bonchev–Trinajstić information content (AvgIpc) is 2.79. The predicted octanol–water partition coefficient (Wildman–Crippen LogP) is 0.386. The molecular weight excluding hydrogens is 402 g/mol. The lowest BCUT2D eigenvalue weighted by Crippen LogP contribution is -2.29. The molecule has 9 nitrogen and oxygen atoms in total. The maximum atomic E-state index is 9.16. The fraction of sp³-hybridized carbons (Fsp3) is 0.364. The van der Waals surface area contributed by atoms with E-state index in [-0.39, 0.29) is 32.9 Å². The van der Waals surface area contributed by atoms with Crippen molar-refractivity contribution in [1.82, 2.24) is 0 Å². The summed E-state index contributed by atoms with van der Waals surface area (Å²) in [5, 5.41) is 52.0. The van der Waals surface area contributed by atoms with Crippen LogP contribution < -0.4 is 9.80 Å². The van der Waals surface area contributed by atoms with Gasteiger partial charge in [0.2, 0.25) is 0 Å². The molecule has 31 heavy (non-hydrogen) atoms. The number of carbonyl (C=O) groups is 1. The quantitative estimate of drug-likeness (QED) is 0.208. The van der Waals surface area contributed by atoms with E-state index in [9.17, 15) is 0 Å². The van der Waals surface area contributed by atoms with Crippen molar-refractivity contribution < 1.29 is 30.3 Å². The third kappa shape index (κ3) is 8.35. The second-order valence-corrected chi connectivity index (χ2v) is 6.44. The molecule has 170 valence electrons. The van der Waals surface area contributed by atoms with Gasteiger partial charge in [-0.15, -0.1) is 0 Å². The Bertz CT molecular complexity index is 694. The van der Waals surface area contributed by atoms with Crippen LogP contribution in [0.3, 0.4) is 0 Å². The predicted molar refractivity (Wildman–Crippen MR) is 120 cm³/mol. The molecule has 0 atom stereocenters. The Morgan fingerprint density at radius 3 is 1.16 bits per heavy atom. The van der Waals surface area contributed by atoms with Crippen molar-refractivity contribution in [2.45, 2.75) is 0 Å². The highest BCUT2D eigenvalue weighted by atomic mass is 16.3. The summed E-state index contributed by atoms with van der Waals surface area (Å²) < 4.78 is 0. The third-order valence-electron chi connectivity index (χ3n) is 4.52. The fourth-order valence-electron chi connectivity index (χ4n) is 3.07. The fourth-order valence-corrected chi connectivity index (χ4v) is 3.07. The van der Waals surface area contributed by atoms with Gasteiger partial charge in [0.25, 0.3) is 6.47 Å². The molecule has 0 fully saturated rings. The zero-order valence-corrected chi connectivity index (χ0v) is 17.4. The van der Waals surface area contributed by atoms with Crippen LogP contribution in [0, 0.1) is 5.41 Å². The topological polar surface area (TPSA) is 149 Å². The van der Waals surface area contributed by atoms with Crippen molar-refractivity contribution in [1.29, 1.82) is 5.41 Å². The summed E-state index contributed by atoms with van der Waals surface area (Å²) in [5.41, 5.74) is 3.71. The summed E-state index contributed by atoms with van der Waals surface area (Å²) in [6, 6.07) is 15.0. The second kappa shape index (κ2) is 14.9. The molecule has 0 heterocycles. The minimum absolute atomic E-state index is 0.00744. The van der Waals surface area contributed by atoms with Crippen LogP contribution in [0.25, 0.3) is 0 Å². The van der Waals surface area contributed by atoms with E-state index in [0.29, 0.717) is 31.9 Å². The van der Waals surface area contributed by atoms with Crippen molar-refractivity contribution >= 4 is 23.6 Å². The highest BCUT2D eigenvalue weighted by molar-refractivity contribution is 6.11. The molecule has 0 amide bonds. The zero-order valence-electron chi connectivity index (χ0n) is 17.4. The van der Waals surface area contributed by atoms with E-state index in [0.717, 1.165) is 22.5 Å². The summed E-state index contributed by atoms with van der Waals surface area (Å²) in [5.74, 6) is 0. The summed E-state index contributed by atoms with van der Waals surface area (Å²) in [7, 11) is 0. The smallest absolute Gasteiger partial charge is 0.290 e.